The maximum absolute atomic E-state index is 10.6. The maximum Gasteiger partial charge on any atom is 0.490 e. The van der Waals surface area contributed by atoms with E-state index in [1.807, 2.05) is 73.8 Å². The molecular formula is C26H19F6N7O4. The number of aromatic nitrogens is 6. The van der Waals surface area contributed by atoms with Crippen LogP contribution in [0.4, 0.5) is 38.0 Å². The predicted molar refractivity (Wildman–Crippen MR) is 140 cm³/mol. The first-order valence-electron chi connectivity index (χ1n) is 11.7. The van der Waals surface area contributed by atoms with Crippen LogP contribution in [0, 0.1) is 6.92 Å². The van der Waals surface area contributed by atoms with Crippen molar-refractivity contribution in [3.8, 4) is 16.9 Å². The fraction of sp³-hybridized carbons (Fsp3) is 0.115. The van der Waals surface area contributed by atoms with Crippen LogP contribution in [-0.4, -0.2) is 64.2 Å². The number of nitrogens with zero attached hydrogens (tertiary/aromatic N) is 6. The molecule has 3 aromatic heterocycles. The van der Waals surface area contributed by atoms with Gasteiger partial charge in [-0.3, -0.25) is 4.98 Å². The zero-order chi connectivity index (χ0) is 31.8. The lowest BCUT2D eigenvalue weighted by atomic mass is 10.1. The SMILES string of the molecule is Cc1ncn(-c2ccc(Nc3ncc4cccc(-c5ccccn5)c4n3)cc2)n1.O=C(O)C(F)(F)F.O=C(O)C(F)(F)F. The number of pyridine rings is 1. The third-order valence-electron chi connectivity index (χ3n) is 5.03. The van der Waals surface area contributed by atoms with Gasteiger partial charge in [0.1, 0.15) is 12.2 Å². The number of aryl methyl sites for hydroxylation is 1. The highest BCUT2D eigenvalue weighted by atomic mass is 19.4. The average Bonchev–Trinajstić information content (AvgIpc) is 3.39. The molecule has 11 nitrogen and oxygen atoms in total. The van der Waals surface area contributed by atoms with Crippen LogP contribution in [0.2, 0.25) is 0 Å². The number of aliphatic carboxylic acids is 2. The molecule has 0 aliphatic rings. The highest BCUT2D eigenvalue weighted by Gasteiger charge is 2.38. The van der Waals surface area contributed by atoms with Crippen molar-refractivity contribution < 1.29 is 46.1 Å². The van der Waals surface area contributed by atoms with Gasteiger partial charge in [-0.15, -0.1) is 0 Å². The molecular weight excluding hydrogens is 588 g/mol. The highest BCUT2D eigenvalue weighted by molar-refractivity contribution is 5.92. The molecule has 5 rings (SSSR count). The molecule has 0 saturated heterocycles. The van der Waals surface area contributed by atoms with Gasteiger partial charge in [0.2, 0.25) is 5.95 Å². The number of alkyl halides is 6. The van der Waals surface area contributed by atoms with Gasteiger partial charge in [-0.1, -0.05) is 24.3 Å². The van der Waals surface area contributed by atoms with Crippen LogP contribution < -0.4 is 5.32 Å². The molecule has 0 amide bonds. The summed E-state index contributed by atoms with van der Waals surface area (Å²) in [6.45, 7) is 1.86. The summed E-state index contributed by atoms with van der Waals surface area (Å²) in [7, 11) is 0. The van der Waals surface area contributed by atoms with Gasteiger partial charge in [0.05, 0.1) is 16.9 Å². The summed E-state index contributed by atoms with van der Waals surface area (Å²) >= 11 is 0. The summed E-state index contributed by atoms with van der Waals surface area (Å²) in [4.78, 5) is 35.6. The molecule has 17 heteroatoms. The van der Waals surface area contributed by atoms with Crippen molar-refractivity contribution in [3.63, 3.8) is 0 Å². The zero-order valence-corrected chi connectivity index (χ0v) is 21.7. The Labute approximate surface area is 237 Å². The highest BCUT2D eigenvalue weighted by Crippen LogP contribution is 2.27. The van der Waals surface area contributed by atoms with E-state index in [0.29, 0.717) is 5.95 Å². The molecule has 224 valence electrons. The number of benzene rings is 2. The Balaban J connectivity index is 0.000000303. The number of halogens is 6. The molecule has 0 fully saturated rings. The smallest absolute Gasteiger partial charge is 0.475 e. The van der Waals surface area contributed by atoms with E-state index in [0.717, 1.165) is 39.4 Å². The van der Waals surface area contributed by atoms with Gasteiger partial charge in [-0.2, -0.15) is 31.4 Å². The van der Waals surface area contributed by atoms with E-state index in [4.69, 9.17) is 24.8 Å². The van der Waals surface area contributed by atoms with E-state index in [1.54, 1.807) is 17.2 Å². The lowest BCUT2D eigenvalue weighted by Crippen LogP contribution is -2.21. The molecule has 0 aliphatic carbocycles. The summed E-state index contributed by atoms with van der Waals surface area (Å²) in [5, 5.41) is 22.8. The van der Waals surface area contributed by atoms with Crippen molar-refractivity contribution in [3.05, 3.63) is 85.2 Å². The Morgan fingerprint density at radius 2 is 1.44 bits per heavy atom. The molecule has 0 bridgehead atoms. The van der Waals surface area contributed by atoms with E-state index >= 15 is 0 Å². The molecule has 0 atom stereocenters. The minimum atomic E-state index is -5.08. The monoisotopic (exact) mass is 607 g/mol. The molecule has 0 spiro atoms. The first kappa shape index (κ1) is 31.9. The van der Waals surface area contributed by atoms with Crippen molar-refractivity contribution in [2.24, 2.45) is 0 Å². The minimum Gasteiger partial charge on any atom is -0.475 e. The predicted octanol–water partition coefficient (Wildman–Crippen LogP) is 5.59. The van der Waals surface area contributed by atoms with Crippen LogP contribution in [0.1, 0.15) is 5.82 Å². The van der Waals surface area contributed by atoms with Crippen LogP contribution in [-0.2, 0) is 9.59 Å². The quantitative estimate of drug-likeness (QED) is 0.220. The Kier molecular flexibility index (Phi) is 9.92. The Bertz CT molecular complexity index is 1670. The molecule has 0 saturated carbocycles. The van der Waals surface area contributed by atoms with Crippen LogP contribution >= 0.6 is 0 Å². The van der Waals surface area contributed by atoms with Crippen LogP contribution in [0.25, 0.3) is 27.8 Å². The molecule has 3 N–H and O–H groups in total. The second kappa shape index (κ2) is 13.4. The number of carboxylic acids is 2. The minimum absolute atomic E-state index is 0.533. The second-order valence-corrected chi connectivity index (χ2v) is 8.17. The second-order valence-electron chi connectivity index (χ2n) is 8.17. The number of rotatable bonds is 4. The summed E-state index contributed by atoms with van der Waals surface area (Å²) in [6.07, 6.45) is -4.86. The van der Waals surface area contributed by atoms with Crippen molar-refractivity contribution in [2.45, 2.75) is 19.3 Å². The van der Waals surface area contributed by atoms with Gasteiger partial charge in [0.25, 0.3) is 0 Å². The number of hydrogen-bond donors (Lipinski definition) is 3. The average molecular weight is 607 g/mol. The first-order valence-corrected chi connectivity index (χ1v) is 11.7. The summed E-state index contributed by atoms with van der Waals surface area (Å²) in [5.74, 6) is -4.24. The van der Waals surface area contributed by atoms with Gasteiger partial charge in [-0.25, -0.2) is 29.2 Å². The number of hydrogen-bond acceptors (Lipinski definition) is 8. The standard InChI is InChI=1S/C22H17N7.2C2HF3O2/c1-15-25-14-29(28-15)18-10-8-17(9-11-18)26-22-24-13-16-5-4-6-19(21(16)27-22)20-7-2-3-12-23-20;2*3-2(4,5)1(6)7/h2-14H,1H3,(H,24,26,27);2*(H,6,7). The fourth-order valence-corrected chi connectivity index (χ4v) is 3.14. The van der Waals surface area contributed by atoms with Crippen molar-refractivity contribution >= 4 is 34.5 Å². The van der Waals surface area contributed by atoms with Crippen LogP contribution in [0.15, 0.2) is 79.4 Å². The summed E-state index contributed by atoms with van der Waals surface area (Å²) in [6, 6.07) is 19.7. The lowest BCUT2D eigenvalue weighted by molar-refractivity contribution is -0.193. The maximum atomic E-state index is 10.6. The van der Waals surface area contributed by atoms with Gasteiger partial charge in [-0.05, 0) is 43.3 Å². The third-order valence-corrected chi connectivity index (χ3v) is 5.03. The Hall–Kier alpha value is -5.61. The molecule has 0 radical (unpaired) electrons. The van der Waals surface area contributed by atoms with Gasteiger partial charge < -0.3 is 15.5 Å². The van der Waals surface area contributed by atoms with E-state index in [2.05, 4.69) is 25.4 Å². The Morgan fingerprint density at radius 1 is 0.814 bits per heavy atom. The van der Waals surface area contributed by atoms with E-state index < -0.39 is 24.3 Å². The number of para-hydroxylation sites is 1. The van der Waals surface area contributed by atoms with Crippen molar-refractivity contribution in [1.82, 2.24) is 29.7 Å². The normalized spacial score (nSPS) is 11.0. The molecule has 2 aromatic carbocycles. The van der Waals surface area contributed by atoms with E-state index in [9.17, 15) is 26.3 Å². The lowest BCUT2D eigenvalue weighted by Gasteiger charge is -2.09. The molecule has 5 aromatic rings. The number of anilines is 2. The van der Waals surface area contributed by atoms with E-state index in [1.165, 1.54) is 0 Å². The van der Waals surface area contributed by atoms with E-state index in [-0.39, 0.29) is 0 Å². The summed E-state index contributed by atoms with van der Waals surface area (Å²) in [5.41, 5.74) is 4.55. The zero-order valence-electron chi connectivity index (χ0n) is 21.7. The van der Waals surface area contributed by atoms with Crippen molar-refractivity contribution in [2.75, 3.05) is 5.32 Å². The van der Waals surface area contributed by atoms with Gasteiger partial charge >= 0.3 is 24.3 Å². The number of nitrogens with one attached hydrogen (secondary N) is 1. The van der Waals surface area contributed by atoms with Gasteiger partial charge in [0, 0.05) is 29.0 Å². The topological polar surface area (TPSA) is 156 Å². The molecule has 0 unspecified atom stereocenters. The summed E-state index contributed by atoms with van der Waals surface area (Å²) < 4.78 is 65.2. The largest absolute Gasteiger partial charge is 0.490 e. The van der Waals surface area contributed by atoms with Crippen LogP contribution in [0.3, 0.4) is 0 Å². The number of carbonyl (C=O) groups is 2. The fourth-order valence-electron chi connectivity index (χ4n) is 3.14. The van der Waals surface area contributed by atoms with Crippen molar-refractivity contribution in [1.29, 1.82) is 0 Å². The first-order chi connectivity index (χ1) is 20.1. The molecule has 3 heterocycles. The molecule has 43 heavy (non-hydrogen) atoms. The Morgan fingerprint density at radius 3 is 1.95 bits per heavy atom. The number of carboxylic acid groups (broad SMARTS) is 2. The third kappa shape index (κ3) is 9.20. The van der Waals surface area contributed by atoms with Gasteiger partial charge in [0.15, 0.2) is 0 Å². The van der Waals surface area contributed by atoms with Crippen LogP contribution in [0.5, 0.6) is 0 Å². The number of fused-ring (bicyclic) bond motifs is 1. The molecule has 0 aliphatic heterocycles.